The Hall–Kier alpha value is -1.67. The van der Waals surface area contributed by atoms with Gasteiger partial charge in [-0.25, -0.2) is 0 Å². The summed E-state index contributed by atoms with van der Waals surface area (Å²) in [5, 5.41) is 0. The highest BCUT2D eigenvalue weighted by molar-refractivity contribution is 5.68. The Morgan fingerprint density at radius 3 is 2.15 bits per heavy atom. The molecule has 1 rings (SSSR count). The summed E-state index contributed by atoms with van der Waals surface area (Å²) in [4.78, 5) is 33.2. The average molecular weight is 290 g/mol. The minimum atomic E-state index is -1.49. The van der Waals surface area contributed by atoms with E-state index in [1.807, 2.05) is 0 Å². The highest BCUT2D eigenvalue weighted by Gasteiger charge is 2.56. The smallest absolute Gasteiger partial charge is 0.303 e. The normalized spacial score (nSPS) is 28.8. The van der Waals surface area contributed by atoms with E-state index in [0.717, 1.165) is 0 Å². The molecule has 20 heavy (non-hydrogen) atoms. The first-order valence-electron chi connectivity index (χ1n) is 5.97. The Morgan fingerprint density at radius 2 is 1.70 bits per heavy atom. The van der Waals surface area contributed by atoms with Crippen molar-refractivity contribution in [2.75, 3.05) is 20.3 Å². The van der Waals surface area contributed by atoms with Gasteiger partial charge in [0.2, 0.25) is 5.79 Å². The van der Waals surface area contributed by atoms with Gasteiger partial charge < -0.3 is 23.7 Å². The molecular weight excluding hydrogens is 272 g/mol. The molecule has 0 aromatic rings. The van der Waals surface area contributed by atoms with Crippen molar-refractivity contribution in [2.45, 2.75) is 38.8 Å². The molecule has 1 saturated heterocycles. The largest absolute Gasteiger partial charge is 0.460 e. The average Bonchev–Trinajstić information content (AvgIpc) is 2.65. The molecule has 1 fully saturated rings. The third kappa shape index (κ3) is 3.91. The number of hydrogen-bond acceptors (Lipinski definition) is 8. The van der Waals surface area contributed by atoms with E-state index in [4.69, 9.17) is 23.7 Å². The molecule has 0 bridgehead atoms. The molecule has 1 heterocycles. The van der Waals surface area contributed by atoms with Crippen LogP contribution < -0.4 is 0 Å². The second-order valence-corrected chi connectivity index (χ2v) is 4.29. The topological polar surface area (TPSA) is 97.4 Å². The summed E-state index contributed by atoms with van der Waals surface area (Å²) >= 11 is 0. The summed E-state index contributed by atoms with van der Waals surface area (Å²) in [5.41, 5.74) is 0. The van der Waals surface area contributed by atoms with Crippen LogP contribution in [0.2, 0.25) is 0 Å². The van der Waals surface area contributed by atoms with Crippen molar-refractivity contribution in [2.24, 2.45) is 0 Å². The number of ether oxygens (including phenoxy) is 5. The molecule has 0 unspecified atom stereocenters. The van der Waals surface area contributed by atoms with Crippen molar-refractivity contribution in [3.63, 3.8) is 0 Å². The maximum Gasteiger partial charge on any atom is 0.303 e. The Morgan fingerprint density at radius 1 is 1.10 bits per heavy atom. The highest BCUT2D eigenvalue weighted by atomic mass is 16.8. The van der Waals surface area contributed by atoms with E-state index in [9.17, 15) is 14.4 Å². The van der Waals surface area contributed by atoms with Crippen LogP contribution in [-0.4, -0.2) is 56.2 Å². The fourth-order valence-corrected chi connectivity index (χ4v) is 1.89. The van der Waals surface area contributed by atoms with Gasteiger partial charge in [0.05, 0.1) is 6.61 Å². The van der Waals surface area contributed by atoms with Crippen molar-refractivity contribution in [3.05, 3.63) is 0 Å². The summed E-state index contributed by atoms with van der Waals surface area (Å²) in [6.07, 6.45) is -1.85. The number of carbonyl (C=O) groups is 3. The van der Waals surface area contributed by atoms with E-state index in [2.05, 4.69) is 0 Å². The van der Waals surface area contributed by atoms with E-state index >= 15 is 0 Å². The predicted molar refractivity (Wildman–Crippen MR) is 63.4 cm³/mol. The third-order valence-corrected chi connectivity index (χ3v) is 2.70. The van der Waals surface area contributed by atoms with Gasteiger partial charge in [0, 0.05) is 27.9 Å². The van der Waals surface area contributed by atoms with Crippen LogP contribution in [0.5, 0.6) is 0 Å². The number of hydrogen-bond donors (Lipinski definition) is 0. The van der Waals surface area contributed by atoms with E-state index in [1.54, 1.807) is 0 Å². The lowest BCUT2D eigenvalue weighted by atomic mass is 10.1. The zero-order valence-electron chi connectivity index (χ0n) is 11.8. The maximum atomic E-state index is 11.2. The first-order chi connectivity index (χ1) is 9.30. The quantitative estimate of drug-likeness (QED) is 0.506. The molecule has 0 aliphatic carbocycles. The van der Waals surface area contributed by atoms with Gasteiger partial charge in [0.25, 0.3) is 0 Å². The summed E-state index contributed by atoms with van der Waals surface area (Å²) in [6.45, 7) is 3.34. The predicted octanol–water partition coefficient (Wildman–Crippen LogP) is -0.214. The summed E-state index contributed by atoms with van der Waals surface area (Å²) in [6, 6.07) is 0. The molecule has 1 aliphatic heterocycles. The van der Waals surface area contributed by atoms with Gasteiger partial charge in [0.1, 0.15) is 6.61 Å². The second-order valence-electron chi connectivity index (χ2n) is 4.29. The standard InChI is InChI=1S/C12H18O8/c1-7(13)17-6-12(16-4)11(20-9(3)15)10(5-18-12)19-8(2)14/h10-11H,5-6H2,1-4H3/t10-,11+,12+/m1/s1. The number of carbonyl (C=O) groups excluding carboxylic acids is 3. The molecule has 0 saturated carbocycles. The molecule has 0 aromatic heterocycles. The molecule has 0 aromatic carbocycles. The van der Waals surface area contributed by atoms with E-state index in [0.29, 0.717) is 0 Å². The van der Waals surface area contributed by atoms with Gasteiger partial charge in [-0.15, -0.1) is 0 Å². The number of methoxy groups -OCH3 is 1. The summed E-state index contributed by atoms with van der Waals surface area (Å²) in [5.74, 6) is -3.17. The number of esters is 3. The first-order valence-corrected chi connectivity index (χ1v) is 5.97. The van der Waals surface area contributed by atoms with E-state index in [-0.39, 0.29) is 13.2 Å². The van der Waals surface area contributed by atoms with Crippen molar-refractivity contribution in [3.8, 4) is 0 Å². The SMILES string of the molecule is CO[C@@]1(COC(C)=O)OC[C@@H](OC(C)=O)[C@@H]1OC(C)=O. The monoisotopic (exact) mass is 290 g/mol. The molecule has 0 amide bonds. The van der Waals surface area contributed by atoms with Crippen LogP contribution in [0.4, 0.5) is 0 Å². The molecule has 0 radical (unpaired) electrons. The summed E-state index contributed by atoms with van der Waals surface area (Å²) < 4.78 is 25.6. The van der Waals surface area contributed by atoms with Crippen LogP contribution in [0.1, 0.15) is 20.8 Å². The van der Waals surface area contributed by atoms with Crippen LogP contribution in [0.3, 0.4) is 0 Å². The van der Waals surface area contributed by atoms with E-state index < -0.39 is 35.9 Å². The van der Waals surface area contributed by atoms with Gasteiger partial charge in [-0.1, -0.05) is 0 Å². The van der Waals surface area contributed by atoms with E-state index in [1.165, 1.54) is 27.9 Å². The highest BCUT2D eigenvalue weighted by Crippen LogP contribution is 2.32. The molecule has 0 spiro atoms. The van der Waals surface area contributed by atoms with Gasteiger partial charge in [0.15, 0.2) is 12.2 Å². The van der Waals surface area contributed by atoms with Crippen LogP contribution in [0.15, 0.2) is 0 Å². The zero-order chi connectivity index (χ0) is 15.3. The third-order valence-electron chi connectivity index (χ3n) is 2.70. The molecular formula is C12H18O8. The van der Waals surface area contributed by atoms with Crippen LogP contribution in [0, 0.1) is 0 Å². The lowest BCUT2D eigenvalue weighted by molar-refractivity contribution is -0.260. The summed E-state index contributed by atoms with van der Waals surface area (Å²) in [7, 11) is 1.32. The lowest BCUT2D eigenvalue weighted by Crippen LogP contribution is -2.51. The molecule has 3 atom stereocenters. The van der Waals surface area contributed by atoms with Crippen LogP contribution in [-0.2, 0) is 38.1 Å². The lowest BCUT2D eigenvalue weighted by Gasteiger charge is -2.32. The van der Waals surface area contributed by atoms with Gasteiger partial charge >= 0.3 is 17.9 Å². The first kappa shape index (κ1) is 16.4. The second kappa shape index (κ2) is 6.67. The molecule has 0 N–H and O–H groups in total. The Kier molecular flexibility index (Phi) is 5.46. The Balaban J connectivity index is 2.92. The van der Waals surface area contributed by atoms with Crippen molar-refractivity contribution >= 4 is 17.9 Å². The van der Waals surface area contributed by atoms with Crippen LogP contribution >= 0.6 is 0 Å². The Labute approximate surface area is 116 Å². The fraction of sp³-hybridized carbons (Fsp3) is 0.750. The fourth-order valence-electron chi connectivity index (χ4n) is 1.89. The minimum absolute atomic E-state index is 0.0351. The molecule has 114 valence electrons. The van der Waals surface area contributed by atoms with Crippen molar-refractivity contribution < 1.29 is 38.1 Å². The number of rotatable bonds is 5. The van der Waals surface area contributed by atoms with Gasteiger partial charge in [-0.3, -0.25) is 14.4 Å². The molecule has 1 aliphatic rings. The molecule has 8 nitrogen and oxygen atoms in total. The minimum Gasteiger partial charge on any atom is -0.460 e. The van der Waals surface area contributed by atoms with Crippen molar-refractivity contribution in [1.29, 1.82) is 0 Å². The van der Waals surface area contributed by atoms with Crippen LogP contribution in [0.25, 0.3) is 0 Å². The Bertz CT molecular complexity index is 393. The molecule has 8 heteroatoms. The maximum absolute atomic E-state index is 11.2. The van der Waals surface area contributed by atoms with Gasteiger partial charge in [-0.2, -0.15) is 0 Å². The van der Waals surface area contributed by atoms with Gasteiger partial charge in [-0.05, 0) is 0 Å². The van der Waals surface area contributed by atoms with Crippen molar-refractivity contribution in [1.82, 2.24) is 0 Å². The zero-order valence-corrected chi connectivity index (χ0v) is 11.8.